The molecule has 1 aromatic heterocycles. The van der Waals surface area contributed by atoms with E-state index in [0.29, 0.717) is 35.3 Å². The summed E-state index contributed by atoms with van der Waals surface area (Å²) in [6.07, 6.45) is 0.725. The number of esters is 2. The summed E-state index contributed by atoms with van der Waals surface area (Å²) in [4.78, 5) is 36.6. The molecule has 0 spiro atoms. The number of carbonyl (C=O) groups excluding carboxylic acids is 2. The van der Waals surface area contributed by atoms with E-state index in [2.05, 4.69) is 10.2 Å². The molecule has 2 aromatic rings. The number of methoxy groups -OCH3 is 2. The minimum Gasteiger partial charge on any atom is -0.464 e. The Bertz CT molecular complexity index is 959. The van der Waals surface area contributed by atoms with Gasteiger partial charge in [0.25, 0.3) is 5.69 Å². The fraction of sp³-hybridized carbons (Fsp3) is 0.294. The van der Waals surface area contributed by atoms with E-state index < -0.39 is 16.9 Å². The summed E-state index contributed by atoms with van der Waals surface area (Å²) in [6.45, 7) is 0. The molecule has 1 aromatic carbocycles. The normalized spacial score (nSPS) is 12.5. The van der Waals surface area contributed by atoms with E-state index in [-0.39, 0.29) is 17.1 Å². The Hall–Kier alpha value is -3.56. The van der Waals surface area contributed by atoms with Gasteiger partial charge in [-0.05, 0) is 24.5 Å². The predicted octanol–water partition coefficient (Wildman–Crippen LogP) is 1.82. The number of aryl methyl sites for hydroxylation is 1. The molecule has 1 aliphatic heterocycles. The molecular weight excluding hydrogens is 356 g/mol. The predicted molar refractivity (Wildman–Crippen MR) is 93.3 cm³/mol. The lowest BCUT2D eigenvalue weighted by atomic mass is 10.0. The quantitative estimate of drug-likeness (QED) is 0.450. The first-order chi connectivity index (χ1) is 12.9. The smallest absolute Gasteiger partial charge is 0.360 e. The van der Waals surface area contributed by atoms with E-state index in [1.54, 1.807) is 18.0 Å². The van der Waals surface area contributed by atoms with Gasteiger partial charge in [-0.1, -0.05) is 0 Å². The number of nitro benzene ring substituents is 1. The van der Waals surface area contributed by atoms with Crippen LogP contribution in [0.25, 0.3) is 0 Å². The van der Waals surface area contributed by atoms with Crippen molar-refractivity contribution in [3.8, 4) is 0 Å². The van der Waals surface area contributed by atoms with E-state index in [0.717, 1.165) is 0 Å². The van der Waals surface area contributed by atoms with Gasteiger partial charge in [0.2, 0.25) is 0 Å². The number of carbonyl (C=O) groups is 2. The van der Waals surface area contributed by atoms with Crippen molar-refractivity contribution in [1.29, 1.82) is 0 Å². The van der Waals surface area contributed by atoms with Crippen molar-refractivity contribution in [3.63, 3.8) is 0 Å². The largest absolute Gasteiger partial charge is 0.464 e. The number of nitrogens with zero attached hydrogens (tertiary/aromatic N) is 4. The molecule has 27 heavy (non-hydrogen) atoms. The average molecular weight is 372 g/mol. The highest BCUT2D eigenvalue weighted by atomic mass is 16.6. The van der Waals surface area contributed by atoms with Crippen LogP contribution in [0.3, 0.4) is 0 Å². The van der Waals surface area contributed by atoms with Crippen molar-refractivity contribution in [3.05, 3.63) is 50.8 Å². The van der Waals surface area contributed by atoms with Gasteiger partial charge in [0, 0.05) is 30.4 Å². The minimum absolute atomic E-state index is 0.00527. The highest BCUT2D eigenvalue weighted by Crippen LogP contribution is 2.39. The molecule has 0 aliphatic carbocycles. The Morgan fingerprint density at radius 2 is 1.74 bits per heavy atom. The number of hydrogen-bond acceptors (Lipinski definition) is 9. The van der Waals surface area contributed by atoms with Crippen molar-refractivity contribution >= 4 is 29.0 Å². The van der Waals surface area contributed by atoms with Crippen LogP contribution >= 0.6 is 0 Å². The Morgan fingerprint density at radius 1 is 1.11 bits per heavy atom. The first kappa shape index (κ1) is 18.2. The van der Waals surface area contributed by atoms with Crippen molar-refractivity contribution in [2.24, 2.45) is 0 Å². The molecule has 140 valence electrons. The summed E-state index contributed by atoms with van der Waals surface area (Å²) in [5.74, 6) is -1.38. The first-order valence-corrected chi connectivity index (χ1v) is 7.96. The third-order valence-electron chi connectivity index (χ3n) is 4.42. The maximum atomic E-state index is 12.2. The van der Waals surface area contributed by atoms with E-state index >= 15 is 0 Å². The van der Waals surface area contributed by atoms with Gasteiger partial charge in [0.1, 0.15) is 0 Å². The van der Waals surface area contributed by atoms with Gasteiger partial charge in [-0.15, -0.1) is 10.2 Å². The third kappa shape index (κ3) is 3.05. The van der Waals surface area contributed by atoms with Gasteiger partial charge < -0.3 is 14.4 Å². The van der Waals surface area contributed by atoms with Crippen molar-refractivity contribution in [1.82, 2.24) is 10.2 Å². The molecule has 0 bridgehead atoms. The molecule has 0 fully saturated rings. The molecular formula is C17H16N4O6. The fourth-order valence-electron chi connectivity index (χ4n) is 3.15. The van der Waals surface area contributed by atoms with E-state index in [1.807, 2.05) is 0 Å². The van der Waals surface area contributed by atoms with Gasteiger partial charge in [-0.3, -0.25) is 10.1 Å². The zero-order valence-corrected chi connectivity index (χ0v) is 14.9. The highest BCUT2D eigenvalue weighted by Gasteiger charge is 2.31. The van der Waals surface area contributed by atoms with Crippen LogP contribution in [-0.2, 0) is 22.3 Å². The highest BCUT2D eigenvalue weighted by molar-refractivity contribution is 5.99. The molecule has 3 rings (SSSR count). The topological polar surface area (TPSA) is 125 Å². The van der Waals surface area contributed by atoms with Gasteiger partial charge >= 0.3 is 11.9 Å². The summed E-state index contributed by atoms with van der Waals surface area (Å²) in [7, 11) is 4.13. The average Bonchev–Trinajstić information content (AvgIpc) is 2.83. The molecule has 0 N–H and O–H groups in total. The van der Waals surface area contributed by atoms with Gasteiger partial charge in [-0.25, -0.2) is 9.59 Å². The Balaban J connectivity index is 2.25. The maximum Gasteiger partial charge on any atom is 0.360 e. The molecule has 0 amide bonds. The van der Waals surface area contributed by atoms with Crippen LogP contribution in [0.2, 0.25) is 0 Å². The second kappa shape index (κ2) is 6.98. The molecule has 10 nitrogen and oxygen atoms in total. The maximum absolute atomic E-state index is 12.2. The Kier molecular flexibility index (Phi) is 4.72. The molecule has 1 aliphatic rings. The van der Waals surface area contributed by atoms with Gasteiger partial charge in [0.15, 0.2) is 11.4 Å². The van der Waals surface area contributed by atoms with Crippen LogP contribution in [0.15, 0.2) is 18.2 Å². The van der Waals surface area contributed by atoms with Crippen molar-refractivity contribution in [2.75, 3.05) is 26.2 Å². The zero-order chi connectivity index (χ0) is 19.7. The van der Waals surface area contributed by atoms with Crippen LogP contribution in [0.1, 0.15) is 32.1 Å². The van der Waals surface area contributed by atoms with Gasteiger partial charge in [0.05, 0.1) is 24.8 Å². The van der Waals surface area contributed by atoms with Gasteiger partial charge in [-0.2, -0.15) is 0 Å². The van der Waals surface area contributed by atoms with Crippen LogP contribution in [-0.4, -0.2) is 48.3 Å². The number of fused-ring (bicyclic) bond motifs is 2. The summed E-state index contributed by atoms with van der Waals surface area (Å²) in [5, 5.41) is 18.8. The molecule has 0 unspecified atom stereocenters. The lowest BCUT2D eigenvalue weighted by Crippen LogP contribution is -2.22. The lowest BCUT2D eigenvalue weighted by Gasteiger charge is -2.23. The second-order valence-corrected chi connectivity index (χ2v) is 5.84. The molecule has 0 saturated heterocycles. The number of non-ortho nitro benzene ring substituents is 1. The van der Waals surface area contributed by atoms with Crippen LogP contribution in [0.5, 0.6) is 0 Å². The van der Waals surface area contributed by atoms with Crippen molar-refractivity contribution in [2.45, 2.75) is 12.8 Å². The second-order valence-electron chi connectivity index (χ2n) is 5.84. The zero-order valence-electron chi connectivity index (χ0n) is 14.9. The summed E-state index contributed by atoms with van der Waals surface area (Å²) in [6, 6.07) is 4.46. The third-order valence-corrected chi connectivity index (χ3v) is 4.42. The summed E-state index contributed by atoms with van der Waals surface area (Å²) < 4.78 is 9.55. The van der Waals surface area contributed by atoms with Crippen LogP contribution in [0.4, 0.5) is 17.1 Å². The first-order valence-electron chi connectivity index (χ1n) is 7.96. The number of anilines is 2. The molecule has 0 saturated carbocycles. The number of ether oxygens (including phenoxy) is 2. The number of aromatic nitrogens is 2. The monoisotopic (exact) mass is 372 g/mol. The molecule has 10 heteroatoms. The van der Waals surface area contributed by atoms with Crippen LogP contribution in [0, 0.1) is 10.1 Å². The van der Waals surface area contributed by atoms with E-state index in [4.69, 9.17) is 9.47 Å². The van der Waals surface area contributed by atoms with Crippen LogP contribution < -0.4 is 4.90 Å². The van der Waals surface area contributed by atoms with E-state index in [1.165, 1.54) is 26.4 Å². The standard InChI is InChI=1S/C17H16N4O6/c1-20-12-7-5-10(21(24)25)8-9(12)4-6-11-13(16(22)26-2)18-19-14(15(11)20)17(23)27-3/h5,7-8H,4,6H2,1-3H3. The number of rotatable bonds is 3. The Labute approximate surface area is 153 Å². The lowest BCUT2D eigenvalue weighted by molar-refractivity contribution is -0.384. The Morgan fingerprint density at radius 3 is 2.37 bits per heavy atom. The summed E-state index contributed by atoms with van der Waals surface area (Å²) in [5.41, 5.74) is 2.11. The SMILES string of the molecule is COC(=O)c1nnc(C(=O)OC)c2c1CCc1cc([N+](=O)[O-])ccc1N2C. The number of benzene rings is 1. The number of nitro groups is 1. The molecule has 2 heterocycles. The number of hydrogen-bond donors (Lipinski definition) is 0. The van der Waals surface area contributed by atoms with E-state index in [9.17, 15) is 19.7 Å². The molecule has 0 radical (unpaired) electrons. The van der Waals surface area contributed by atoms with Crippen molar-refractivity contribution < 1.29 is 24.0 Å². The fourth-order valence-corrected chi connectivity index (χ4v) is 3.15. The molecule has 0 atom stereocenters. The minimum atomic E-state index is -0.702. The summed E-state index contributed by atoms with van der Waals surface area (Å²) >= 11 is 0.